The van der Waals surface area contributed by atoms with Crippen molar-refractivity contribution in [2.24, 2.45) is 5.10 Å². The van der Waals surface area contributed by atoms with E-state index in [9.17, 15) is 4.79 Å². The molecule has 2 aromatic carbocycles. The van der Waals surface area contributed by atoms with Gasteiger partial charge in [0, 0.05) is 0 Å². The first-order valence-electron chi connectivity index (χ1n) is 7.22. The number of rotatable bonds is 4. The van der Waals surface area contributed by atoms with E-state index < -0.39 is 6.10 Å². The summed E-state index contributed by atoms with van der Waals surface area (Å²) >= 11 is 2.18. The minimum atomic E-state index is -0.729. The lowest BCUT2D eigenvalue weighted by molar-refractivity contribution is -0.130. The van der Waals surface area contributed by atoms with E-state index in [-0.39, 0.29) is 12.5 Å². The van der Waals surface area contributed by atoms with Crippen LogP contribution in [0.15, 0.2) is 47.6 Å². The second-order valence-corrected chi connectivity index (χ2v) is 6.15. The van der Waals surface area contributed by atoms with E-state index in [4.69, 9.17) is 14.2 Å². The number of benzene rings is 2. The van der Waals surface area contributed by atoms with Crippen LogP contribution in [0.3, 0.4) is 0 Å². The van der Waals surface area contributed by atoms with Gasteiger partial charge in [0.05, 0.1) is 16.9 Å². The molecule has 124 valence electrons. The molecule has 6 nitrogen and oxygen atoms in total. The predicted molar refractivity (Wildman–Crippen MR) is 97.8 cm³/mol. The highest BCUT2D eigenvalue weighted by Crippen LogP contribution is 2.30. The number of fused-ring (bicyclic) bond motifs is 1. The molecule has 0 unspecified atom stereocenters. The number of amides is 1. The molecule has 1 N–H and O–H groups in total. The van der Waals surface area contributed by atoms with Crippen LogP contribution < -0.4 is 19.6 Å². The number of nitrogens with zero attached hydrogens (tertiary/aromatic N) is 1. The number of carbonyl (C=O) groups excluding carboxylic acids is 1. The van der Waals surface area contributed by atoms with Crippen LogP contribution in [0, 0.1) is 3.57 Å². The van der Waals surface area contributed by atoms with Gasteiger partial charge in [-0.05, 0) is 58.5 Å². The molecule has 1 amide bonds. The van der Waals surface area contributed by atoms with Gasteiger partial charge in [0.25, 0.3) is 5.91 Å². The number of hydrogen-bond donors (Lipinski definition) is 1. The Morgan fingerprint density at radius 3 is 2.88 bits per heavy atom. The monoisotopic (exact) mass is 438 g/mol. The zero-order valence-corrected chi connectivity index (χ0v) is 15.0. The zero-order chi connectivity index (χ0) is 16.9. The van der Waals surface area contributed by atoms with Gasteiger partial charge in [-0.15, -0.1) is 0 Å². The first-order valence-corrected chi connectivity index (χ1v) is 8.30. The van der Waals surface area contributed by atoms with Crippen molar-refractivity contribution >= 4 is 34.7 Å². The zero-order valence-electron chi connectivity index (χ0n) is 12.9. The summed E-state index contributed by atoms with van der Waals surface area (Å²) < 4.78 is 17.3. The summed E-state index contributed by atoms with van der Waals surface area (Å²) in [6, 6.07) is 12.8. The Balaban J connectivity index is 1.59. The van der Waals surface area contributed by atoms with Crippen LogP contribution in [0.4, 0.5) is 0 Å². The molecular formula is C17H15IN2O4. The van der Waals surface area contributed by atoms with Gasteiger partial charge >= 0.3 is 0 Å². The van der Waals surface area contributed by atoms with E-state index in [0.717, 1.165) is 14.9 Å². The Hall–Kier alpha value is -2.29. The van der Waals surface area contributed by atoms with Crippen molar-refractivity contribution in [3.05, 3.63) is 51.6 Å². The maximum atomic E-state index is 12.1. The fourth-order valence-electron chi connectivity index (χ4n) is 2.15. The van der Waals surface area contributed by atoms with Crippen LogP contribution in [0.5, 0.6) is 17.2 Å². The molecule has 1 aliphatic heterocycles. The van der Waals surface area contributed by atoms with E-state index in [1.165, 1.54) is 0 Å². The molecule has 1 atom stereocenters. The number of halogens is 1. The second-order valence-electron chi connectivity index (χ2n) is 4.99. The van der Waals surface area contributed by atoms with Gasteiger partial charge in [0.15, 0.2) is 11.5 Å². The normalized spacial score (nSPS) is 16.0. The van der Waals surface area contributed by atoms with Crippen LogP contribution in [0.2, 0.25) is 0 Å². The Morgan fingerprint density at radius 1 is 1.33 bits per heavy atom. The molecule has 0 spiro atoms. The highest BCUT2D eigenvalue weighted by Gasteiger charge is 2.26. The standard InChI is InChI=1S/C17H15IN2O4/c1-22-13-7-6-11(8-12(13)18)9-19-20-17(21)16-10-23-14-4-2-3-5-15(14)24-16/h2-9,16H,10H2,1H3,(H,20,21)/b19-9-/t16-/m0/s1. The maximum absolute atomic E-state index is 12.1. The lowest BCUT2D eigenvalue weighted by Gasteiger charge is -2.24. The van der Waals surface area contributed by atoms with Crippen LogP contribution in [0.25, 0.3) is 0 Å². The molecule has 3 rings (SSSR count). The Morgan fingerprint density at radius 2 is 2.12 bits per heavy atom. The number of hydrogen-bond acceptors (Lipinski definition) is 5. The van der Waals surface area contributed by atoms with E-state index in [0.29, 0.717) is 11.5 Å². The van der Waals surface area contributed by atoms with Gasteiger partial charge in [-0.2, -0.15) is 5.10 Å². The number of hydrazone groups is 1. The largest absolute Gasteiger partial charge is 0.496 e. The summed E-state index contributed by atoms with van der Waals surface area (Å²) in [6.07, 6.45) is 0.838. The minimum absolute atomic E-state index is 0.152. The second kappa shape index (κ2) is 7.52. The third-order valence-electron chi connectivity index (χ3n) is 3.37. The number of ether oxygens (including phenoxy) is 3. The maximum Gasteiger partial charge on any atom is 0.284 e. The summed E-state index contributed by atoms with van der Waals surface area (Å²) in [5, 5.41) is 3.97. The molecule has 7 heteroatoms. The van der Waals surface area contributed by atoms with Crippen molar-refractivity contribution in [3.8, 4) is 17.2 Å². The molecular weight excluding hydrogens is 423 g/mol. The van der Waals surface area contributed by atoms with Gasteiger partial charge in [0.1, 0.15) is 12.4 Å². The summed E-state index contributed by atoms with van der Waals surface area (Å²) in [4.78, 5) is 12.1. The SMILES string of the molecule is COc1ccc(/C=N\NC(=O)[C@@H]2COc3ccccc3O2)cc1I. The number of carbonyl (C=O) groups is 1. The molecule has 0 saturated heterocycles. The Kier molecular flexibility index (Phi) is 5.19. The quantitative estimate of drug-likeness (QED) is 0.453. The third-order valence-corrected chi connectivity index (χ3v) is 4.21. The molecule has 0 bridgehead atoms. The number of methoxy groups -OCH3 is 1. The molecule has 24 heavy (non-hydrogen) atoms. The Labute approximate surface area is 152 Å². The summed E-state index contributed by atoms with van der Waals surface area (Å²) in [7, 11) is 1.62. The number of para-hydroxylation sites is 2. The molecule has 0 aromatic heterocycles. The van der Waals surface area contributed by atoms with Crippen molar-refractivity contribution in [2.45, 2.75) is 6.10 Å². The first-order chi connectivity index (χ1) is 11.7. The van der Waals surface area contributed by atoms with E-state index in [1.807, 2.05) is 30.3 Å². The smallest absolute Gasteiger partial charge is 0.284 e. The average molecular weight is 438 g/mol. The Bertz CT molecular complexity index is 779. The highest BCUT2D eigenvalue weighted by molar-refractivity contribution is 14.1. The van der Waals surface area contributed by atoms with Crippen LogP contribution in [-0.4, -0.2) is 31.9 Å². The molecule has 1 heterocycles. The molecule has 0 radical (unpaired) electrons. The summed E-state index contributed by atoms with van der Waals surface area (Å²) in [5.41, 5.74) is 3.32. The fourth-order valence-corrected chi connectivity index (χ4v) is 2.91. The minimum Gasteiger partial charge on any atom is -0.496 e. The average Bonchev–Trinajstić information content (AvgIpc) is 2.61. The van der Waals surface area contributed by atoms with Crippen molar-refractivity contribution in [1.82, 2.24) is 5.43 Å². The van der Waals surface area contributed by atoms with E-state index in [1.54, 1.807) is 25.5 Å². The van der Waals surface area contributed by atoms with Gasteiger partial charge in [-0.3, -0.25) is 4.79 Å². The fraction of sp³-hybridized carbons (Fsp3) is 0.176. The topological polar surface area (TPSA) is 69.2 Å². The molecule has 2 aromatic rings. The molecule has 1 aliphatic rings. The predicted octanol–water partition coefficient (Wildman–Crippen LogP) is 2.59. The van der Waals surface area contributed by atoms with Gasteiger partial charge in [-0.1, -0.05) is 12.1 Å². The van der Waals surface area contributed by atoms with Crippen molar-refractivity contribution in [2.75, 3.05) is 13.7 Å². The first kappa shape index (κ1) is 16.6. The number of nitrogens with one attached hydrogen (secondary N) is 1. The van der Waals surface area contributed by atoms with Crippen LogP contribution in [0.1, 0.15) is 5.56 Å². The van der Waals surface area contributed by atoms with Gasteiger partial charge in [-0.25, -0.2) is 5.43 Å². The van der Waals surface area contributed by atoms with Crippen molar-refractivity contribution in [1.29, 1.82) is 0 Å². The van der Waals surface area contributed by atoms with Gasteiger partial charge < -0.3 is 14.2 Å². The van der Waals surface area contributed by atoms with Crippen molar-refractivity contribution in [3.63, 3.8) is 0 Å². The van der Waals surface area contributed by atoms with Crippen LogP contribution in [-0.2, 0) is 4.79 Å². The highest BCUT2D eigenvalue weighted by atomic mass is 127. The molecule has 0 aliphatic carbocycles. The molecule has 0 saturated carbocycles. The van der Waals surface area contributed by atoms with Gasteiger partial charge in [0.2, 0.25) is 6.10 Å². The molecule has 0 fully saturated rings. The van der Waals surface area contributed by atoms with Crippen LogP contribution >= 0.6 is 22.6 Å². The summed E-state index contributed by atoms with van der Waals surface area (Å²) in [6.45, 7) is 0.152. The van der Waals surface area contributed by atoms with Crippen molar-refractivity contribution < 1.29 is 19.0 Å². The van der Waals surface area contributed by atoms with E-state index >= 15 is 0 Å². The lowest BCUT2D eigenvalue weighted by atomic mass is 10.2. The van der Waals surface area contributed by atoms with E-state index in [2.05, 4.69) is 33.1 Å². The third kappa shape index (κ3) is 3.78. The summed E-state index contributed by atoms with van der Waals surface area (Å²) in [5.74, 6) is 1.63. The lowest BCUT2D eigenvalue weighted by Crippen LogP contribution is -2.42.